The van der Waals surface area contributed by atoms with E-state index in [0.717, 1.165) is 6.07 Å². The fourth-order valence-electron chi connectivity index (χ4n) is 2.07. The molecular weight excluding hydrogens is 387 g/mol. The number of alkyl halides is 2. The summed E-state index contributed by atoms with van der Waals surface area (Å²) in [5, 5.41) is 0.477. The van der Waals surface area contributed by atoms with Crippen LogP contribution in [0.25, 0.3) is 0 Å². The van der Waals surface area contributed by atoms with E-state index >= 15 is 0 Å². The molecule has 2 aromatic carbocycles. The van der Waals surface area contributed by atoms with E-state index in [-0.39, 0.29) is 17.7 Å². The van der Waals surface area contributed by atoms with Gasteiger partial charge < -0.3 is 4.90 Å². The van der Waals surface area contributed by atoms with Gasteiger partial charge >= 0.3 is 12.3 Å². The number of amides is 3. The predicted molar refractivity (Wildman–Crippen MR) is 91.7 cm³/mol. The van der Waals surface area contributed by atoms with Crippen molar-refractivity contribution in [2.75, 3.05) is 4.90 Å². The Morgan fingerprint density at radius 2 is 1.78 bits per heavy atom. The quantitative estimate of drug-likeness (QED) is 0.579. The van der Waals surface area contributed by atoms with Crippen molar-refractivity contribution in [1.82, 2.24) is 10.9 Å². The van der Waals surface area contributed by atoms with Gasteiger partial charge in [-0.15, -0.1) is 0 Å². The Kier molecular flexibility index (Phi) is 6.78. The summed E-state index contributed by atoms with van der Waals surface area (Å²) in [7, 11) is 0. The number of halogens is 4. The molecule has 0 saturated carbocycles. The summed E-state index contributed by atoms with van der Waals surface area (Å²) in [6.45, 7) is -0.110. The third kappa shape index (κ3) is 5.45. The molecule has 0 radical (unpaired) electrons. The number of hydrogen-bond acceptors (Lipinski definition) is 3. The Bertz CT molecular complexity index is 847. The number of rotatable bonds is 6. The SMILES string of the molecule is O=CN(Cc1ccc(C(=O)NNC(=O)C(F)F)cc1F)c1ccc(Cl)cc1. The zero-order chi connectivity index (χ0) is 20.0. The molecule has 0 aliphatic carbocycles. The number of anilines is 1. The molecule has 0 heterocycles. The van der Waals surface area contributed by atoms with Crippen molar-refractivity contribution in [2.24, 2.45) is 0 Å². The fraction of sp³-hybridized carbons (Fsp3) is 0.118. The van der Waals surface area contributed by atoms with Crippen LogP contribution in [0.2, 0.25) is 5.02 Å². The lowest BCUT2D eigenvalue weighted by molar-refractivity contribution is -0.132. The Morgan fingerprint density at radius 1 is 1.11 bits per heavy atom. The highest BCUT2D eigenvalue weighted by Crippen LogP contribution is 2.20. The van der Waals surface area contributed by atoms with Crippen molar-refractivity contribution in [1.29, 1.82) is 0 Å². The predicted octanol–water partition coefficient (Wildman–Crippen LogP) is 2.67. The number of hydrazine groups is 1. The molecular formula is C17H13ClF3N3O3. The van der Waals surface area contributed by atoms with E-state index in [1.807, 2.05) is 0 Å². The highest BCUT2D eigenvalue weighted by molar-refractivity contribution is 6.30. The van der Waals surface area contributed by atoms with Gasteiger partial charge in [-0.3, -0.25) is 25.2 Å². The summed E-state index contributed by atoms with van der Waals surface area (Å²) >= 11 is 5.78. The van der Waals surface area contributed by atoms with E-state index in [1.165, 1.54) is 22.5 Å². The summed E-state index contributed by atoms with van der Waals surface area (Å²) in [6.07, 6.45) is -2.78. The van der Waals surface area contributed by atoms with Gasteiger partial charge in [0.1, 0.15) is 5.82 Å². The number of nitrogens with one attached hydrogen (secondary N) is 2. The van der Waals surface area contributed by atoms with Gasteiger partial charge in [-0.1, -0.05) is 17.7 Å². The van der Waals surface area contributed by atoms with Crippen molar-refractivity contribution in [3.05, 3.63) is 64.4 Å². The largest absolute Gasteiger partial charge is 0.317 e. The van der Waals surface area contributed by atoms with Crippen LogP contribution < -0.4 is 15.8 Å². The van der Waals surface area contributed by atoms with Crippen LogP contribution in [0.5, 0.6) is 0 Å². The third-order valence-corrected chi connectivity index (χ3v) is 3.69. The van der Waals surface area contributed by atoms with Gasteiger partial charge in [-0.2, -0.15) is 8.78 Å². The molecule has 2 rings (SSSR count). The summed E-state index contributed by atoms with van der Waals surface area (Å²) in [5.74, 6) is -3.45. The second kappa shape index (κ2) is 9.04. The Balaban J connectivity index is 2.09. The van der Waals surface area contributed by atoms with Gasteiger partial charge in [0.05, 0.1) is 6.54 Å². The standard InChI is InChI=1S/C17H13ClF3N3O3/c18-12-3-5-13(6-4-12)24(9-25)8-11-2-1-10(7-14(11)19)16(26)22-23-17(27)15(20)21/h1-7,9,15H,8H2,(H,22,26)(H,23,27). The molecule has 2 aromatic rings. The van der Waals surface area contributed by atoms with E-state index in [0.29, 0.717) is 17.1 Å². The molecule has 10 heteroatoms. The van der Waals surface area contributed by atoms with Crippen molar-refractivity contribution in [3.63, 3.8) is 0 Å². The lowest BCUT2D eigenvalue weighted by atomic mass is 10.1. The number of carbonyl (C=O) groups excluding carboxylic acids is 3. The average molecular weight is 400 g/mol. The van der Waals surface area contributed by atoms with E-state index in [9.17, 15) is 27.6 Å². The molecule has 0 aromatic heterocycles. The van der Waals surface area contributed by atoms with Gasteiger partial charge in [0.15, 0.2) is 0 Å². The summed E-state index contributed by atoms with van der Waals surface area (Å²) in [5.41, 5.74) is 3.66. The number of carbonyl (C=O) groups is 3. The summed E-state index contributed by atoms with van der Waals surface area (Å²) < 4.78 is 38.4. The number of hydrogen-bond donors (Lipinski definition) is 2. The molecule has 0 aliphatic heterocycles. The lowest BCUT2D eigenvalue weighted by Gasteiger charge is -2.18. The van der Waals surface area contributed by atoms with Gasteiger partial charge in [0.25, 0.3) is 5.91 Å². The first kappa shape index (κ1) is 20.2. The maximum atomic E-state index is 14.3. The second-order valence-corrected chi connectivity index (χ2v) is 5.70. The zero-order valence-electron chi connectivity index (χ0n) is 13.6. The van der Waals surface area contributed by atoms with Crippen molar-refractivity contribution >= 4 is 35.5 Å². The van der Waals surface area contributed by atoms with Gasteiger partial charge in [0, 0.05) is 21.8 Å². The Morgan fingerprint density at radius 3 is 2.33 bits per heavy atom. The van der Waals surface area contributed by atoms with Crippen LogP contribution in [-0.2, 0) is 16.1 Å². The van der Waals surface area contributed by atoms with Crippen molar-refractivity contribution < 1.29 is 27.6 Å². The van der Waals surface area contributed by atoms with Crippen LogP contribution >= 0.6 is 11.6 Å². The highest BCUT2D eigenvalue weighted by atomic mass is 35.5. The molecule has 0 spiro atoms. The second-order valence-electron chi connectivity index (χ2n) is 5.26. The van der Waals surface area contributed by atoms with E-state index in [1.54, 1.807) is 29.7 Å². The molecule has 0 saturated heterocycles. The van der Waals surface area contributed by atoms with Crippen LogP contribution in [-0.4, -0.2) is 24.6 Å². The van der Waals surface area contributed by atoms with Crippen LogP contribution in [0.15, 0.2) is 42.5 Å². The van der Waals surface area contributed by atoms with Gasteiger partial charge in [-0.05, 0) is 36.4 Å². The summed E-state index contributed by atoms with van der Waals surface area (Å²) in [4.78, 5) is 35.0. The van der Waals surface area contributed by atoms with Gasteiger partial charge in [-0.25, -0.2) is 4.39 Å². The van der Waals surface area contributed by atoms with Crippen LogP contribution in [0.1, 0.15) is 15.9 Å². The molecule has 0 unspecified atom stereocenters. The highest BCUT2D eigenvalue weighted by Gasteiger charge is 2.17. The van der Waals surface area contributed by atoms with Crippen molar-refractivity contribution in [3.8, 4) is 0 Å². The maximum absolute atomic E-state index is 14.3. The lowest BCUT2D eigenvalue weighted by Crippen LogP contribution is -2.44. The first-order valence-corrected chi connectivity index (χ1v) is 7.84. The minimum atomic E-state index is -3.30. The fourth-order valence-corrected chi connectivity index (χ4v) is 2.19. The van der Waals surface area contributed by atoms with Crippen LogP contribution in [0, 0.1) is 5.82 Å². The topological polar surface area (TPSA) is 78.5 Å². The molecule has 0 bridgehead atoms. The normalized spacial score (nSPS) is 10.4. The number of benzene rings is 2. The van der Waals surface area contributed by atoms with E-state index < -0.39 is 24.1 Å². The van der Waals surface area contributed by atoms with E-state index in [4.69, 9.17) is 11.6 Å². The Labute approximate surface area is 156 Å². The molecule has 142 valence electrons. The molecule has 6 nitrogen and oxygen atoms in total. The average Bonchev–Trinajstić information content (AvgIpc) is 2.65. The molecule has 0 fully saturated rings. The van der Waals surface area contributed by atoms with Crippen molar-refractivity contribution in [2.45, 2.75) is 13.0 Å². The monoisotopic (exact) mass is 399 g/mol. The Hall–Kier alpha value is -3.07. The first-order chi connectivity index (χ1) is 12.8. The molecule has 2 N–H and O–H groups in total. The maximum Gasteiger partial charge on any atom is 0.317 e. The zero-order valence-corrected chi connectivity index (χ0v) is 14.3. The number of nitrogens with zero attached hydrogens (tertiary/aromatic N) is 1. The van der Waals surface area contributed by atoms with E-state index in [2.05, 4.69) is 0 Å². The minimum absolute atomic E-state index is 0.110. The minimum Gasteiger partial charge on any atom is -0.310 e. The molecule has 0 aliphatic rings. The van der Waals surface area contributed by atoms with Crippen LogP contribution in [0.4, 0.5) is 18.9 Å². The van der Waals surface area contributed by atoms with Gasteiger partial charge in [0.2, 0.25) is 6.41 Å². The third-order valence-electron chi connectivity index (χ3n) is 3.44. The molecule has 27 heavy (non-hydrogen) atoms. The first-order valence-electron chi connectivity index (χ1n) is 7.46. The smallest absolute Gasteiger partial charge is 0.310 e. The van der Waals surface area contributed by atoms with Crippen LogP contribution in [0.3, 0.4) is 0 Å². The molecule has 0 atom stereocenters. The molecule has 3 amide bonds. The summed E-state index contributed by atoms with van der Waals surface area (Å²) in [6, 6.07) is 9.68.